The maximum Gasteiger partial charge on any atom is 0.343 e. The Morgan fingerprint density at radius 1 is 1.57 bits per heavy atom. The first-order chi connectivity index (χ1) is 6.75. The van der Waals surface area contributed by atoms with Crippen LogP contribution in [0.4, 0.5) is 0 Å². The minimum Gasteiger partial charge on any atom is -0.295 e. The maximum atomic E-state index is 11.1. The molecule has 0 atom stereocenters. The third kappa shape index (κ3) is 2.13. The first-order valence-electron chi connectivity index (χ1n) is 4.10. The largest absolute Gasteiger partial charge is 0.343 e. The van der Waals surface area contributed by atoms with Crippen molar-refractivity contribution < 1.29 is 0 Å². The molecule has 6 heteroatoms. The molecule has 2 aromatic heterocycles. The van der Waals surface area contributed by atoms with Gasteiger partial charge >= 0.3 is 5.69 Å². The van der Waals surface area contributed by atoms with E-state index in [0.717, 1.165) is 10.2 Å². The molecule has 0 spiro atoms. The third-order valence-corrected chi connectivity index (χ3v) is 3.50. The zero-order valence-corrected chi connectivity index (χ0v) is 9.64. The number of thiophene rings is 1. The van der Waals surface area contributed by atoms with Crippen LogP contribution in [0.2, 0.25) is 0 Å². The van der Waals surface area contributed by atoms with E-state index in [0.29, 0.717) is 6.54 Å². The molecular weight excluding hydrogens is 266 g/mol. The summed E-state index contributed by atoms with van der Waals surface area (Å²) < 4.78 is 2.54. The Hall–Kier alpha value is -0.880. The first-order valence-corrected chi connectivity index (χ1v) is 5.71. The van der Waals surface area contributed by atoms with Crippen LogP contribution in [-0.2, 0) is 13.0 Å². The summed E-state index contributed by atoms with van der Waals surface area (Å²) in [4.78, 5) is 14.8. The predicted molar refractivity (Wildman–Crippen MR) is 58.6 cm³/mol. The second-order valence-corrected chi connectivity index (χ2v) is 5.32. The van der Waals surface area contributed by atoms with Crippen LogP contribution in [-0.4, -0.2) is 14.8 Å². The van der Waals surface area contributed by atoms with Gasteiger partial charge in [0.1, 0.15) is 6.33 Å². The molecule has 0 aliphatic carbocycles. The van der Waals surface area contributed by atoms with Crippen LogP contribution in [0.1, 0.15) is 4.88 Å². The van der Waals surface area contributed by atoms with Crippen molar-refractivity contribution in [2.75, 3.05) is 0 Å². The van der Waals surface area contributed by atoms with Crippen molar-refractivity contribution in [3.63, 3.8) is 0 Å². The summed E-state index contributed by atoms with van der Waals surface area (Å²) in [5.74, 6) is 0. The molecule has 74 valence electrons. The summed E-state index contributed by atoms with van der Waals surface area (Å²) in [5.41, 5.74) is -0.152. The molecular formula is C8H8BrN3OS. The van der Waals surface area contributed by atoms with Gasteiger partial charge in [0.15, 0.2) is 0 Å². The Balaban J connectivity index is 2.01. The zero-order chi connectivity index (χ0) is 9.97. The number of H-pyrrole nitrogens is 1. The van der Waals surface area contributed by atoms with E-state index < -0.39 is 0 Å². The second-order valence-electron chi connectivity index (χ2n) is 2.77. The number of hydrogen-bond donors (Lipinski definition) is 1. The van der Waals surface area contributed by atoms with Gasteiger partial charge < -0.3 is 0 Å². The summed E-state index contributed by atoms with van der Waals surface area (Å²) >= 11 is 5.07. The highest BCUT2D eigenvalue weighted by Gasteiger charge is 2.00. The van der Waals surface area contributed by atoms with Gasteiger partial charge in [-0.05, 0) is 28.1 Å². The standard InChI is InChI=1S/C8H8BrN3OS/c9-7-2-1-6(14-7)3-4-12-8(13)10-5-11-12/h1-2,5H,3-4H2,(H,10,11,13). The van der Waals surface area contributed by atoms with Crippen LogP contribution in [0.15, 0.2) is 27.0 Å². The van der Waals surface area contributed by atoms with Crippen molar-refractivity contribution in [3.8, 4) is 0 Å². The van der Waals surface area contributed by atoms with E-state index in [4.69, 9.17) is 0 Å². The molecule has 4 nitrogen and oxygen atoms in total. The smallest absolute Gasteiger partial charge is 0.295 e. The number of aromatic nitrogens is 3. The zero-order valence-electron chi connectivity index (χ0n) is 7.24. The molecule has 0 aliphatic rings. The van der Waals surface area contributed by atoms with Crippen LogP contribution in [0.5, 0.6) is 0 Å². The Bertz CT molecular complexity index is 473. The quantitative estimate of drug-likeness (QED) is 0.925. The Morgan fingerprint density at radius 2 is 2.43 bits per heavy atom. The van der Waals surface area contributed by atoms with Crippen molar-refractivity contribution >= 4 is 27.3 Å². The second kappa shape index (κ2) is 4.10. The summed E-state index contributed by atoms with van der Waals surface area (Å²) in [7, 11) is 0. The van der Waals surface area contributed by atoms with Crippen LogP contribution < -0.4 is 5.69 Å². The van der Waals surface area contributed by atoms with Crippen molar-refractivity contribution in [2.24, 2.45) is 0 Å². The molecule has 2 rings (SSSR count). The topological polar surface area (TPSA) is 50.7 Å². The van der Waals surface area contributed by atoms with E-state index in [1.165, 1.54) is 15.9 Å². The molecule has 2 aromatic rings. The predicted octanol–water partition coefficient (Wildman–Crippen LogP) is 1.64. The van der Waals surface area contributed by atoms with Gasteiger partial charge in [0.2, 0.25) is 0 Å². The number of aromatic amines is 1. The number of nitrogens with one attached hydrogen (secondary N) is 1. The third-order valence-electron chi connectivity index (χ3n) is 1.82. The lowest BCUT2D eigenvalue weighted by Gasteiger charge is -1.96. The van der Waals surface area contributed by atoms with E-state index in [1.54, 1.807) is 11.3 Å². The Morgan fingerprint density at radius 3 is 3.00 bits per heavy atom. The van der Waals surface area contributed by atoms with Crippen molar-refractivity contribution in [1.82, 2.24) is 14.8 Å². The highest BCUT2D eigenvalue weighted by atomic mass is 79.9. The van der Waals surface area contributed by atoms with E-state index >= 15 is 0 Å². The number of aryl methyl sites for hydroxylation is 2. The van der Waals surface area contributed by atoms with Crippen molar-refractivity contribution in [2.45, 2.75) is 13.0 Å². The molecule has 1 N–H and O–H groups in total. The summed E-state index contributed by atoms with van der Waals surface area (Å²) in [6, 6.07) is 4.06. The molecule has 14 heavy (non-hydrogen) atoms. The fourth-order valence-electron chi connectivity index (χ4n) is 1.14. The first kappa shape index (κ1) is 9.67. The van der Waals surface area contributed by atoms with Crippen LogP contribution >= 0.6 is 27.3 Å². The summed E-state index contributed by atoms with van der Waals surface area (Å²) in [5, 5.41) is 3.88. The molecule has 0 aromatic carbocycles. The van der Waals surface area contributed by atoms with Crippen molar-refractivity contribution in [3.05, 3.63) is 37.6 Å². The van der Waals surface area contributed by atoms with E-state index in [2.05, 4.69) is 26.0 Å². The molecule has 0 saturated carbocycles. The fourth-order valence-corrected chi connectivity index (χ4v) is 2.61. The lowest BCUT2D eigenvalue weighted by Crippen LogP contribution is -2.19. The molecule has 0 radical (unpaired) electrons. The van der Waals surface area contributed by atoms with E-state index in [9.17, 15) is 4.79 Å². The number of halogens is 1. The Labute approximate surface area is 92.7 Å². The summed E-state index contributed by atoms with van der Waals surface area (Å²) in [6.45, 7) is 0.620. The van der Waals surface area contributed by atoms with Gasteiger partial charge in [0.25, 0.3) is 0 Å². The fraction of sp³-hybridized carbons (Fsp3) is 0.250. The van der Waals surface area contributed by atoms with Gasteiger partial charge in [0.05, 0.1) is 10.3 Å². The van der Waals surface area contributed by atoms with Gasteiger partial charge in [-0.2, -0.15) is 5.10 Å². The minimum atomic E-state index is -0.152. The van der Waals surface area contributed by atoms with Gasteiger partial charge in [-0.3, -0.25) is 4.98 Å². The maximum absolute atomic E-state index is 11.1. The molecule has 2 heterocycles. The van der Waals surface area contributed by atoms with Gasteiger partial charge in [-0.15, -0.1) is 11.3 Å². The highest BCUT2D eigenvalue weighted by Crippen LogP contribution is 2.22. The van der Waals surface area contributed by atoms with Crippen molar-refractivity contribution in [1.29, 1.82) is 0 Å². The number of hydrogen-bond acceptors (Lipinski definition) is 3. The lowest BCUT2D eigenvalue weighted by atomic mass is 10.3. The lowest BCUT2D eigenvalue weighted by molar-refractivity contribution is 0.596. The molecule has 0 amide bonds. The average molecular weight is 274 g/mol. The molecule has 0 unspecified atom stereocenters. The molecule has 0 fully saturated rings. The number of rotatable bonds is 3. The normalized spacial score (nSPS) is 10.6. The van der Waals surface area contributed by atoms with Gasteiger partial charge in [-0.25, -0.2) is 9.48 Å². The van der Waals surface area contributed by atoms with Crippen LogP contribution in [0.25, 0.3) is 0 Å². The minimum absolute atomic E-state index is 0.152. The molecule has 0 saturated heterocycles. The molecule has 0 aliphatic heterocycles. The Kier molecular flexibility index (Phi) is 2.83. The van der Waals surface area contributed by atoms with Crippen LogP contribution in [0, 0.1) is 0 Å². The van der Waals surface area contributed by atoms with E-state index in [1.807, 2.05) is 12.1 Å². The SMILES string of the molecule is O=c1[nH]cnn1CCc1ccc(Br)s1. The van der Waals surface area contributed by atoms with Gasteiger partial charge in [0, 0.05) is 11.3 Å². The average Bonchev–Trinajstić information content (AvgIpc) is 2.72. The molecule has 0 bridgehead atoms. The monoisotopic (exact) mass is 273 g/mol. The highest BCUT2D eigenvalue weighted by molar-refractivity contribution is 9.11. The van der Waals surface area contributed by atoms with Gasteiger partial charge in [-0.1, -0.05) is 0 Å². The van der Waals surface area contributed by atoms with E-state index in [-0.39, 0.29) is 5.69 Å². The summed E-state index contributed by atoms with van der Waals surface area (Å²) in [6.07, 6.45) is 2.24. The number of nitrogens with zero attached hydrogens (tertiary/aromatic N) is 2. The van der Waals surface area contributed by atoms with Crippen LogP contribution in [0.3, 0.4) is 0 Å².